The number of carboxylic acids is 1. The van der Waals surface area contributed by atoms with Crippen molar-refractivity contribution in [3.05, 3.63) is 54.1 Å². The second kappa shape index (κ2) is 5.55. The van der Waals surface area contributed by atoms with Crippen LogP contribution in [0.3, 0.4) is 0 Å². The van der Waals surface area contributed by atoms with Crippen molar-refractivity contribution in [2.45, 2.75) is 25.3 Å². The van der Waals surface area contributed by atoms with Crippen molar-refractivity contribution >= 4 is 5.97 Å². The highest BCUT2D eigenvalue weighted by Crippen LogP contribution is 2.46. The van der Waals surface area contributed by atoms with Crippen LogP contribution >= 0.6 is 0 Å². The van der Waals surface area contributed by atoms with Crippen molar-refractivity contribution in [1.82, 2.24) is 30.0 Å². The van der Waals surface area contributed by atoms with Crippen LogP contribution in [0.4, 0.5) is 0 Å². The van der Waals surface area contributed by atoms with Gasteiger partial charge in [-0.15, -0.1) is 10.2 Å². The van der Waals surface area contributed by atoms with Gasteiger partial charge < -0.3 is 5.11 Å². The molecule has 1 unspecified atom stereocenters. The first kappa shape index (κ1) is 14.6. The lowest BCUT2D eigenvalue weighted by atomic mass is 10.2. The number of benzene rings is 1. The highest BCUT2D eigenvalue weighted by molar-refractivity contribution is 5.74. The van der Waals surface area contributed by atoms with Crippen molar-refractivity contribution in [1.29, 1.82) is 0 Å². The molecule has 2 heterocycles. The molecular weight excluding hydrogens is 308 g/mol. The van der Waals surface area contributed by atoms with Crippen LogP contribution < -0.4 is 0 Å². The van der Waals surface area contributed by atoms with E-state index in [0.717, 1.165) is 17.1 Å². The fourth-order valence-corrected chi connectivity index (χ4v) is 2.75. The highest BCUT2D eigenvalue weighted by atomic mass is 16.4. The minimum absolute atomic E-state index is 0.0246. The van der Waals surface area contributed by atoms with E-state index < -0.39 is 5.97 Å². The molecule has 3 atom stereocenters. The average molecular weight is 324 g/mol. The van der Waals surface area contributed by atoms with Gasteiger partial charge in [0.25, 0.3) is 0 Å². The van der Waals surface area contributed by atoms with Crippen molar-refractivity contribution in [2.75, 3.05) is 0 Å². The van der Waals surface area contributed by atoms with E-state index in [1.54, 1.807) is 15.6 Å². The molecule has 122 valence electrons. The van der Waals surface area contributed by atoms with E-state index in [0.29, 0.717) is 6.42 Å². The molecule has 3 aromatic rings. The molecule has 1 fully saturated rings. The van der Waals surface area contributed by atoms with E-state index in [9.17, 15) is 4.79 Å². The van der Waals surface area contributed by atoms with Gasteiger partial charge in [0.2, 0.25) is 0 Å². The van der Waals surface area contributed by atoms with Crippen LogP contribution in [0.5, 0.6) is 0 Å². The van der Waals surface area contributed by atoms with Gasteiger partial charge in [-0.1, -0.05) is 28.6 Å². The summed E-state index contributed by atoms with van der Waals surface area (Å²) < 4.78 is 3.41. The zero-order valence-electron chi connectivity index (χ0n) is 13.0. The Bertz CT molecular complexity index is 872. The largest absolute Gasteiger partial charge is 0.481 e. The number of hydrogen-bond acceptors (Lipinski definition) is 5. The molecule has 24 heavy (non-hydrogen) atoms. The maximum absolute atomic E-state index is 11.0. The van der Waals surface area contributed by atoms with E-state index in [-0.39, 0.29) is 17.9 Å². The summed E-state index contributed by atoms with van der Waals surface area (Å²) in [5.74, 6) is -1.12. The topological polar surface area (TPSA) is 98.7 Å². The first-order valence-corrected chi connectivity index (χ1v) is 7.75. The SMILES string of the molecule is CC(c1cn(-c2ccccc2)nn1)n1cc([C@@H]2C[C@@H]2C(=O)O)nn1. The van der Waals surface area contributed by atoms with Gasteiger partial charge in [0.15, 0.2) is 0 Å². The standard InChI is InChI=1S/C16H16N6O2/c1-10(14-8-22(20-17-14)11-5-3-2-4-6-11)21-9-15(18-19-21)12-7-13(12)16(23)24/h2-6,8-10,12-13H,7H2,1H3,(H,23,24)/t10?,12-,13+/m1/s1. The third kappa shape index (κ3) is 2.55. The van der Waals surface area contributed by atoms with E-state index in [1.165, 1.54) is 0 Å². The summed E-state index contributed by atoms with van der Waals surface area (Å²) in [7, 11) is 0. The van der Waals surface area contributed by atoms with E-state index in [1.807, 2.05) is 43.5 Å². The lowest BCUT2D eigenvalue weighted by Gasteiger charge is -2.06. The van der Waals surface area contributed by atoms with Crippen molar-refractivity contribution < 1.29 is 9.90 Å². The van der Waals surface area contributed by atoms with Crippen LogP contribution in [0.15, 0.2) is 42.7 Å². The van der Waals surface area contributed by atoms with Crippen molar-refractivity contribution in [3.63, 3.8) is 0 Å². The molecule has 0 aliphatic heterocycles. The number of aliphatic carboxylic acids is 1. The molecular formula is C16H16N6O2. The number of carboxylic acid groups (broad SMARTS) is 1. The molecule has 1 saturated carbocycles. The smallest absolute Gasteiger partial charge is 0.307 e. The Morgan fingerprint density at radius 3 is 2.71 bits per heavy atom. The summed E-state index contributed by atoms with van der Waals surface area (Å²) in [6.07, 6.45) is 4.30. The van der Waals surface area contributed by atoms with Gasteiger partial charge in [-0.2, -0.15) is 0 Å². The minimum Gasteiger partial charge on any atom is -0.481 e. The quantitative estimate of drug-likeness (QED) is 0.766. The Labute approximate surface area is 137 Å². The van der Waals surface area contributed by atoms with Gasteiger partial charge in [-0.3, -0.25) is 4.79 Å². The van der Waals surface area contributed by atoms with Crippen molar-refractivity contribution in [2.24, 2.45) is 5.92 Å². The Kier molecular flexibility index (Phi) is 3.37. The zero-order valence-corrected chi connectivity index (χ0v) is 13.0. The van der Waals surface area contributed by atoms with Crippen LogP contribution in [0.1, 0.15) is 36.7 Å². The molecule has 1 N–H and O–H groups in total. The van der Waals surface area contributed by atoms with Crippen LogP contribution in [0.2, 0.25) is 0 Å². The normalized spacial score (nSPS) is 20.7. The molecule has 1 aliphatic carbocycles. The molecule has 8 nitrogen and oxygen atoms in total. The lowest BCUT2D eigenvalue weighted by Crippen LogP contribution is -2.08. The molecule has 0 spiro atoms. The maximum atomic E-state index is 11.0. The molecule has 4 rings (SSSR count). The second-order valence-corrected chi connectivity index (χ2v) is 6.01. The fraction of sp³-hybridized carbons (Fsp3) is 0.312. The minimum atomic E-state index is -0.770. The molecule has 1 aromatic carbocycles. The predicted molar refractivity (Wildman–Crippen MR) is 83.7 cm³/mol. The van der Waals surface area contributed by atoms with Gasteiger partial charge in [0.1, 0.15) is 5.69 Å². The number of hydrogen-bond donors (Lipinski definition) is 1. The van der Waals surface area contributed by atoms with Gasteiger partial charge in [0, 0.05) is 12.1 Å². The predicted octanol–water partition coefficient (Wildman–Crippen LogP) is 1.66. The monoisotopic (exact) mass is 324 g/mol. The van der Waals surface area contributed by atoms with Gasteiger partial charge in [-0.05, 0) is 25.5 Å². The Hall–Kier alpha value is -3.03. The molecule has 0 saturated heterocycles. The van der Waals surface area contributed by atoms with Crippen LogP contribution in [0.25, 0.3) is 5.69 Å². The number of para-hydroxylation sites is 1. The van der Waals surface area contributed by atoms with Crippen LogP contribution in [-0.4, -0.2) is 41.1 Å². The Morgan fingerprint density at radius 1 is 1.21 bits per heavy atom. The second-order valence-electron chi connectivity index (χ2n) is 6.01. The van der Waals surface area contributed by atoms with E-state index >= 15 is 0 Å². The van der Waals surface area contributed by atoms with Gasteiger partial charge >= 0.3 is 5.97 Å². The summed E-state index contributed by atoms with van der Waals surface area (Å²) in [4.78, 5) is 11.0. The fourth-order valence-electron chi connectivity index (χ4n) is 2.75. The highest BCUT2D eigenvalue weighted by Gasteiger charge is 2.46. The van der Waals surface area contributed by atoms with E-state index in [4.69, 9.17) is 5.11 Å². The average Bonchev–Trinajstić information content (AvgIpc) is 3.04. The Morgan fingerprint density at radius 2 is 2.00 bits per heavy atom. The molecule has 1 aliphatic rings. The van der Waals surface area contributed by atoms with Crippen LogP contribution in [-0.2, 0) is 4.79 Å². The third-order valence-electron chi connectivity index (χ3n) is 4.37. The van der Waals surface area contributed by atoms with Crippen molar-refractivity contribution in [3.8, 4) is 5.69 Å². The number of nitrogens with zero attached hydrogens (tertiary/aromatic N) is 6. The zero-order chi connectivity index (χ0) is 16.7. The summed E-state index contributed by atoms with van der Waals surface area (Å²) in [5.41, 5.74) is 2.43. The number of aromatic nitrogens is 6. The van der Waals surface area contributed by atoms with Crippen LogP contribution in [0, 0.1) is 5.92 Å². The summed E-state index contributed by atoms with van der Waals surface area (Å²) in [5, 5.41) is 25.6. The number of rotatable bonds is 5. The Balaban J connectivity index is 1.53. The summed E-state index contributed by atoms with van der Waals surface area (Å²) >= 11 is 0. The first-order chi connectivity index (χ1) is 11.6. The summed E-state index contributed by atoms with van der Waals surface area (Å²) in [6.45, 7) is 1.96. The molecule has 8 heteroatoms. The van der Waals surface area contributed by atoms with Gasteiger partial charge in [-0.25, -0.2) is 9.36 Å². The lowest BCUT2D eigenvalue weighted by molar-refractivity contribution is -0.138. The molecule has 0 bridgehead atoms. The summed E-state index contributed by atoms with van der Waals surface area (Å²) in [6, 6.07) is 9.61. The molecule has 0 amide bonds. The molecule has 2 aromatic heterocycles. The number of carbonyl (C=O) groups is 1. The van der Waals surface area contributed by atoms with Gasteiger partial charge in [0.05, 0.1) is 29.5 Å². The maximum Gasteiger partial charge on any atom is 0.307 e. The van der Waals surface area contributed by atoms with E-state index in [2.05, 4.69) is 20.6 Å². The third-order valence-corrected chi connectivity index (χ3v) is 4.37. The molecule has 0 radical (unpaired) electrons. The first-order valence-electron chi connectivity index (χ1n) is 7.75.